The molecule has 0 atom stereocenters. The summed E-state index contributed by atoms with van der Waals surface area (Å²) in [6.45, 7) is 8.17. The van der Waals surface area contributed by atoms with E-state index in [0.29, 0.717) is 32.1 Å². The number of anilines is 1. The zero-order valence-electron chi connectivity index (χ0n) is 13.3. The van der Waals surface area contributed by atoms with E-state index < -0.39 is 5.60 Å². The van der Waals surface area contributed by atoms with Gasteiger partial charge in [0.2, 0.25) is 0 Å². The van der Waals surface area contributed by atoms with Gasteiger partial charge in [0.1, 0.15) is 5.60 Å². The van der Waals surface area contributed by atoms with E-state index in [9.17, 15) is 4.79 Å². The van der Waals surface area contributed by atoms with Gasteiger partial charge in [-0.25, -0.2) is 0 Å². The Morgan fingerprint density at radius 3 is 2.41 bits per heavy atom. The van der Waals surface area contributed by atoms with Crippen LogP contribution in [0.5, 0.6) is 5.88 Å². The summed E-state index contributed by atoms with van der Waals surface area (Å²) in [6, 6.07) is 3.58. The molecule has 0 spiro atoms. The number of hydrogen-bond donors (Lipinski definition) is 0. The van der Waals surface area contributed by atoms with Gasteiger partial charge in [-0.2, -0.15) is 0 Å². The number of amides is 1. The van der Waals surface area contributed by atoms with Crippen LogP contribution in [0.3, 0.4) is 0 Å². The van der Waals surface area contributed by atoms with E-state index in [1.54, 1.807) is 11.0 Å². The monoisotopic (exact) mass is 304 g/mol. The number of aromatic nitrogens is 2. The summed E-state index contributed by atoms with van der Waals surface area (Å²) in [5.41, 5.74) is -0.472. The zero-order chi connectivity index (χ0) is 16.2. The molecule has 1 aliphatic heterocycles. The van der Waals surface area contributed by atoms with Gasteiger partial charge in [0, 0.05) is 0 Å². The van der Waals surface area contributed by atoms with Gasteiger partial charge in [0.15, 0.2) is 0 Å². The van der Waals surface area contributed by atoms with E-state index in [0.717, 1.165) is 5.82 Å². The van der Waals surface area contributed by atoms with Crippen LogP contribution in [-0.4, -0.2) is 66.6 Å². The fourth-order valence-electron chi connectivity index (χ4n) is 2.07. The molecule has 2 rings (SSSR count). The van der Waals surface area contributed by atoms with Crippen molar-refractivity contribution in [3.05, 3.63) is 12.1 Å². The first kappa shape index (κ1) is 16.3. The van der Waals surface area contributed by atoms with Crippen LogP contribution < -0.4 is 9.64 Å². The Morgan fingerprint density at radius 2 is 1.91 bits per heavy atom. The van der Waals surface area contributed by atoms with Crippen LogP contribution in [0.2, 0.25) is 0 Å². The summed E-state index contributed by atoms with van der Waals surface area (Å²) in [5.74, 6) is 1.17. The van der Waals surface area contributed by atoms with Gasteiger partial charge < -0.3 is 0 Å². The predicted octanol–water partition coefficient (Wildman–Crippen LogP) is 0.573. The molecule has 0 saturated carbocycles. The van der Waals surface area contributed by atoms with E-state index in [2.05, 4.69) is 22.6 Å². The fraction of sp³-hybridized carbons (Fsp3) is 0.571. The van der Waals surface area contributed by atoms with Gasteiger partial charge in [-0.15, -0.1) is 0 Å². The topological polar surface area (TPSA) is 67.8 Å². The van der Waals surface area contributed by atoms with Crippen LogP contribution in [0.25, 0.3) is 0 Å². The Hall–Kier alpha value is -2.12. The average molecular weight is 304 g/mol. The molecule has 1 aliphatic rings. The number of hydrogen-bond acceptors (Lipinski definition) is 6. The average Bonchev–Trinajstić information content (AvgIpc) is 2.47. The third kappa shape index (κ3) is 4.44. The van der Waals surface area contributed by atoms with E-state index in [1.165, 1.54) is 6.15 Å². The molecule has 0 unspecified atom stereocenters. The molecular formula is C14H21BN4O3. The Bertz CT molecular complexity index is 522. The second-order valence-electron chi connectivity index (χ2n) is 5.97. The Kier molecular flexibility index (Phi) is 5.00. The molecular weight excluding hydrogens is 283 g/mol. The van der Waals surface area contributed by atoms with Crippen molar-refractivity contribution < 1.29 is 14.3 Å². The van der Waals surface area contributed by atoms with Gasteiger partial charge in [-0.05, 0) is 20.8 Å². The van der Waals surface area contributed by atoms with Crippen molar-refractivity contribution in [3.8, 4) is 5.88 Å². The maximum atomic E-state index is 12.0. The van der Waals surface area contributed by atoms with Gasteiger partial charge in [-0.1, -0.05) is 0 Å². The summed E-state index contributed by atoms with van der Waals surface area (Å²) < 4.78 is 10.4. The van der Waals surface area contributed by atoms with Crippen LogP contribution in [-0.2, 0) is 4.74 Å². The van der Waals surface area contributed by atoms with Crippen LogP contribution in [0.15, 0.2) is 12.1 Å². The molecule has 1 saturated heterocycles. The van der Waals surface area contributed by atoms with E-state index >= 15 is 0 Å². The third-order valence-electron chi connectivity index (χ3n) is 3.09. The number of carbonyl (C=O) groups is 1. The molecule has 118 valence electrons. The molecule has 1 fully saturated rings. The Labute approximate surface area is 131 Å². The predicted molar refractivity (Wildman–Crippen MR) is 85.9 cm³/mol. The summed E-state index contributed by atoms with van der Waals surface area (Å²) >= 11 is 0. The third-order valence-corrected chi connectivity index (χ3v) is 3.09. The zero-order valence-corrected chi connectivity index (χ0v) is 13.3. The van der Waals surface area contributed by atoms with Gasteiger partial charge in [0.25, 0.3) is 0 Å². The normalized spacial score (nSPS) is 15.4. The second kappa shape index (κ2) is 6.76. The first-order chi connectivity index (χ1) is 10.4. The van der Waals surface area contributed by atoms with Gasteiger partial charge in [0.05, 0.1) is 0 Å². The van der Waals surface area contributed by atoms with Crippen LogP contribution in [0.1, 0.15) is 20.8 Å². The molecule has 0 aromatic carbocycles. The molecule has 0 radical (unpaired) electrons. The van der Waals surface area contributed by atoms with Crippen molar-refractivity contribution in [1.29, 1.82) is 0 Å². The first-order valence-electron chi connectivity index (χ1n) is 7.23. The molecule has 1 aromatic rings. The summed E-state index contributed by atoms with van der Waals surface area (Å²) in [5, 5.41) is 8.07. The number of rotatable bonds is 3. The van der Waals surface area contributed by atoms with Crippen LogP contribution in [0.4, 0.5) is 10.6 Å². The van der Waals surface area contributed by atoms with Crippen molar-refractivity contribution in [2.24, 2.45) is 0 Å². The van der Waals surface area contributed by atoms with E-state index in [-0.39, 0.29) is 6.09 Å². The maximum absolute atomic E-state index is 12.0. The summed E-state index contributed by atoms with van der Waals surface area (Å²) in [6.07, 6.45) is 1.04. The van der Waals surface area contributed by atoms with Crippen molar-refractivity contribution in [2.45, 2.75) is 26.4 Å². The van der Waals surface area contributed by atoms with Gasteiger partial charge >= 0.3 is 104 Å². The van der Waals surface area contributed by atoms with Crippen molar-refractivity contribution in [1.82, 2.24) is 15.1 Å². The summed E-state index contributed by atoms with van der Waals surface area (Å²) in [4.78, 5) is 15.8. The van der Waals surface area contributed by atoms with E-state index in [4.69, 9.17) is 9.47 Å². The molecule has 7 nitrogen and oxygen atoms in total. The van der Waals surface area contributed by atoms with Crippen molar-refractivity contribution in [2.75, 3.05) is 31.1 Å². The van der Waals surface area contributed by atoms with E-state index in [1.807, 2.05) is 26.8 Å². The quantitative estimate of drug-likeness (QED) is 0.761. The molecule has 22 heavy (non-hydrogen) atoms. The molecule has 8 heteroatoms. The molecule has 0 N–H and O–H groups in total. The SMILES string of the molecule is B=COc1ccc(N2CCN(C(=O)OC(C)(C)C)CC2)nn1. The molecule has 0 aliphatic carbocycles. The molecule has 2 heterocycles. The number of ether oxygens (including phenoxy) is 2. The Morgan fingerprint density at radius 1 is 1.23 bits per heavy atom. The van der Waals surface area contributed by atoms with Crippen molar-refractivity contribution in [3.63, 3.8) is 0 Å². The van der Waals surface area contributed by atoms with Crippen LogP contribution >= 0.6 is 0 Å². The first-order valence-corrected chi connectivity index (χ1v) is 7.23. The molecule has 1 amide bonds. The minimum absolute atomic E-state index is 0.270. The Balaban J connectivity index is 1.89. The second-order valence-corrected chi connectivity index (χ2v) is 5.97. The number of nitrogens with zero attached hydrogens (tertiary/aromatic N) is 4. The van der Waals surface area contributed by atoms with Gasteiger partial charge in [-0.3, -0.25) is 0 Å². The van der Waals surface area contributed by atoms with Crippen molar-refractivity contribution >= 4 is 25.6 Å². The fourth-order valence-corrected chi connectivity index (χ4v) is 2.07. The van der Waals surface area contributed by atoms with Crippen LogP contribution in [0, 0.1) is 0 Å². The minimum atomic E-state index is -0.472. The standard InChI is InChI=1S/C14H21BN4O3/c1-14(2,3)22-13(20)19-8-6-18(7-9-19)11-4-5-12(17-16-11)21-10-15/h4-5,10,15H,6-9H2,1-3H3. The molecule has 1 aromatic heterocycles. The number of piperazine rings is 1. The summed E-state index contributed by atoms with van der Waals surface area (Å²) in [7, 11) is 3.47. The number of carbonyl (C=O) groups excluding carboxylic acids is 1. The molecule has 0 bridgehead atoms.